The Morgan fingerprint density at radius 2 is 2.40 bits per heavy atom. The first-order valence-corrected chi connectivity index (χ1v) is 6.94. The molecule has 0 aromatic carbocycles. The number of nitrogen functional groups attached to an aromatic ring is 1. The van der Waals surface area contributed by atoms with E-state index in [9.17, 15) is 4.79 Å². The lowest BCUT2D eigenvalue weighted by Gasteiger charge is -2.20. The molecule has 0 bridgehead atoms. The Labute approximate surface area is 119 Å². The van der Waals surface area contributed by atoms with Crippen LogP contribution in [0.15, 0.2) is 12.3 Å². The Hall–Kier alpha value is -1.82. The highest BCUT2D eigenvalue weighted by atomic mass is 16.4. The van der Waals surface area contributed by atoms with Crippen molar-refractivity contribution in [3.05, 3.63) is 17.8 Å². The Balaban J connectivity index is 1.95. The molecule has 110 valence electrons. The van der Waals surface area contributed by atoms with Crippen LogP contribution in [0, 0.1) is 5.92 Å². The zero-order chi connectivity index (χ0) is 14.7. The second-order valence-electron chi connectivity index (χ2n) is 5.55. The average molecular weight is 278 g/mol. The van der Waals surface area contributed by atoms with Gasteiger partial charge in [-0.3, -0.25) is 0 Å². The number of pyridine rings is 1. The van der Waals surface area contributed by atoms with Crippen molar-refractivity contribution in [2.75, 3.05) is 30.7 Å². The number of carbonyl (C=O) groups is 1. The molecule has 2 heterocycles. The maximum Gasteiger partial charge on any atom is 0.337 e. The molecule has 1 aromatic heterocycles. The van der Waals surface area contributed by atoms with E-state index in [2.05, 4.69) is 29.0 Å². The topological polar surface area (TPSA) is 91.5 Å². The van der Waals surface area contributed by atoms with E-state index in [4.69, 9.17) is 10.8 Å². The maximum atomic E-state index is 11.0. The Kier molecular flexibility index (Phi) is 4.44. The molecule has 6 heteroatoms. The smallest absolute Gasteiger partial charge is 0.337 e. The van der Waals surface area contributed by atoms with Gasteiger partial charge in [0.15, 0.2) is 0 Å². The first-order chi connectivity index (χ1) is 9.49. The van der Waals surface area contributed by atoms with Gasteiger partial charge in [0.1, 0.15) is 5.82 Å². The molecule has 0 amide bonds. The number of likely N-dealkylation sites (tertiary alicyclic amines) is 1. The van der Waals surface area contributed by atoms with Crippen LogP contribution in [-0.2, 0) is 0 Å². The number of nitrogens with one attached hydrogen (secondary N) is 1. The summed E-state index contributed by atoms with van der Waals surface area (Å²) in [5.74, 6) is -0.0141. The van der Waals surface area contributed by atoms with Crippen molar-refractivity contribution in [3.63, 3.8) is 0 Å². The third-order valence-electron chi connectivity index (χ3n) is 3.83. The molecule has 1 fully saturated rings. The minimum atomic E-state index is -1.03. The lowest BCUT2D eigenvalue weighted by molar-refractivity contribution is 0.0698. The van der Waals surface area contributed by atoms with Crippen LogP contribution in [0.5, 0.6) is 0 Å². The molecule has 1 unspecified atom stereocenters. The van der Waals surface area contributed by atoms with E-state index in [1.54, 1.807) is 0 Å². The van der Waals surface area contributed by atoms with Crippen LogP contribution in [-0.4, -0.2) is 46.6 Å². The molecule has 6 nitrogen and oxygen atoms in total. The number of hydrogen-bond donors (Lipinski definition) is 3. The van der Waals surface area contributed by atoms with Gasteiger partial charge in [0.05, 0.1) is 11.3 Å². The van der Waals surface area contributed by atoms with E-state index >= 15 is 0 Å². The van der Waals surface area contributed by atoms with E-state index in [1.165, 1.54) is 12.3 Å². The van der Waals surface area contributed by atoms with E-state index in [0.29, 0.717) is 17.8 Å². The van der Waals surface area contributed by atoms with Gasteiger partial charge in [-0.05, 0) is 38.8 Å². The predicted octanol–water partition coefficient (Wildman–Crippen LogP) is 1.50. The number of carboxylic acid groups (broad SMARTS) is 1. The van der Waals surface area contributed by atoms with Crippen LogP contribution in [0.25, 0.3) is 0 Å². The van der Waals surface area contributed by atoms with Crippen LogP contribution in [0.1, 0.15) is 30.6 Å². The summed E-state index contributed by atoms with van der Waals surface area (Å²) in [6.07, 6.45) is 2.61. The summed E-state index contributed by atoms with van der Waals surface area (Å²) < 4.78 is 0. The Morgan fingerprint density at radius 3 is 3.00 bits per heavy atom. The van der Waals surface area contributed by atoms with Gasteiger partial charge in [-0.1, -0.05) is 0 Å². The lowest BCUT2D eigenvalue weighted by atomic mass is 10.1. The van der Waals surface area contributed by atoms with Gasteiger partial charge in [0, 0.05) is 25.3 Å². The van der Waals surface area contributed by atoms with Crippen LogP contribution < -0.4 is 11.1 Å². The molecule has 1 aromatic rings. The fraction of sp³-hybridized carbons (Fsp3) is 0.571. The number of nitrogens with zero attached hydrogens (tertiary/aromatic N) is 2. The SMILES string of the molecule is CC(C)N1CCC(CNc2nccc(C(=O)O)c2N)C1. The molecule has 1 saturated heterocycles. The first kappa shape index (κ1) is 14.6. The van der Waals surface area contributed by atoms with Crippen molar-refractivity contribution in [2.24, 2.45) is 5.92 Å². The molecule has 20 heavy (non-hydrogen) atoms. The number of carboxylic acids is 1. The van der Waals surface area contributed by atoms with Crippen molar-refractivity contribution in [3.8, 4) is 0 Å². The van der Waals surface area contributed by atoms with Gasteiger partial charge in [0.2, 0.25) is 0 Å². The minimum Gasteiger partial charge on any atom is -0.478 e. The Bertz CT molecular complexity index is 490. The summed E-state index contributed by atoms with van der Waals surface area (Å²) in [6, 6.07) is 1.98. The molecule has 0 saturated carbocycles. The van der Waals surface area contributed by atoms with Crippen LogP contribution in [0.4, 0.5) is 11.5 Å². The van der Waals surface area contributed by atoms with Crippen molar-refractivity contribution < 1.29 is 9.90 Å². The minimum absolute atomic E-state index is 0.0951. The highest BCUT2D eigenvalue weighted by molar-refractivity contribution is 5.96. The molecule has 0 aliphatic carbocycles. The van der Waals surface area contributed by atoms with Gasteiger partial charge < -0.3 is 21.1 Å². The van der Waals surface area contributed by atoms with Gasteiger partial charge in [-0.15, -0.1) is 0 Å². The van der Waals surface area contributed by atoms with Gasteiger partial charge in [0.25, 0.3) is 0 Å². The maximum absolute atomic E-state index is 11.0. The molecule has 1 aliphatic rings. The van der Waals surface area contributed by atoms with Crippen molar-refractivity contribution >= 4 is 17.5 Å². The van der Waals surface area contributed by atoms with Crippen molar-refractivity contribution in [1.82, 2.24) is 9.88 Å². The van der Waals surface area contributed by atoms with Crippen molar-refractivity contribution in [1.29, 1.82) is 0 Å². The molecular weight excluding hydrogens is 256 g/mol. The summed E-state index contributed by atoms with van der Waals surface area (Å²) in [5, 5.41) is 12.2. The third kappa shape index (κ3) is 3.19. The van der Waals surface area contributed by atoms with E-state index < -0.39 is 5.97 Å². The van der Waals surface area contributed by atoms with Crippen LogP contribution in [0.3, 0.4) is 0 Å². The highest BCUT2D eigenvalue weighted by Crippen LogP contribution is 2.22. The molecule has 0 spiro atoms. The second-order valence-corrected chi connectivity index (χ2v) is 5.55. The largest absolute Gasteiger partial charge is 0.478 e. The van der Waals surface area contributed by atoms with Gasteiger partial charge in [-0.2, -0.15) is 0 Å². The summed E-state index contributed by atoms with van der Waals surface area (Å²) in [7, 11) is 0. The molecule has 2 rings (SSSR count). The fourth-order valence-electron chi connectivity index (χ4n) is 2.54. The monoisotopic (exact) mass is 278 g/mol. The quantitative estimate of drug-likeness (QED) is 0.756. The predicted molar refractivity (Wildman–Crippen MR) is 78.9 cm³/mol. The fourth-order valence-corrected chi connectivity index (χ4v) is 2.54. The van der Waals surface area contributed by atoms with Crippen molar-refractivity contribution in [2.45, 2.75) is 26.3 Å². The third-order valence-corrected chi connectivity index (χ3v) is 3.83. The van der Waals surface area contributed by atoms with Crippen LogP contribution in [0.2, 0.25) is 0 Å². The average Bonchev–Trinajstić information content (AvgIpc) is 2.86. The van der Waals surface area contributed by atoms with Gasteiger partial charge in [-0.25, -0.2) is 9.78 Å². The molecule has 1 atom stereocenters. The zero-order valence-corrected chi connectivity index (χ0v) is 12.0. The zero-order valence-electron chi connectivity index (χ0n) is 12.0. The van der Waals surface area contributed by atoms with E-state index in [1.807, 2.05) is 0 Å². The first-order valence-electron chi connectivity index (χ1n) is 6.94. The number of aromatic carboxylic acids is 1. The summed E-state index contributed by atoms with van der Waals surface area (Å²) in [4.78, 5) is 17.6. The normalized spacial score (nSPS) is 19.4. The van der Waals surface area contributed by atoms with Crippen LogP contribution >= 0.6 is 0 Å². The van der Waals surface area contributed by atoms with Gasteiger partial charge >= 0.3 is 5.97 Å². The summed E-state index contributed by atoms with van der Waals surface area (Å²) in [5.41, 5.74) is 6.13. The molecule has 4 N–H and O–H groups in total. The van der Waals surface area contributed by atoms with E-state index in [-0.39, 0.29) is 11.3 Å². The molecular formula is C14H22N4O2. The standard InChI is InChI=1S/C14H22N4O2/c1-9(2)18-6-4-10(8-18)7-17-13-12(15)11(14(19)20)3-5-16-13/h3,5,9-10H,4,6-8,15H2,1-2H3,(H,16,17)(H,19,20). The van der Waals surface area contributed by atoms with E-state index in [0.717, 1.165) is 26.1 Å². The number of nitrogens with two attached hydrogens (primary N) is 1. The second kappa shape index (κ2) is 6.09. The summed E-state index contributed by atoms with van der Waals surface area (Å²) in [6.45, 7) is 7.34. The lowest BCUT2D eigenvalue weighted by Crippen LogP contribution is -2.29. The number of aromatic nitrogens is 1. The summed E-state index contributed by atoms with van der Waals surface area (Å²) >= 11 is 0. The molecule has 1 aliphatic heterocycles. The highest BCUT2D eigenvalue weighted by Gasteiger charge is 2.24. The Morgan fingerprint density at radius 1 is 1.65 bits per heavy atom. The number of hydrogen-bond acceptors (Lipinski definition) is 5. The number of anilines is 2. The number of rotatable bonds is 5. The molecule has 0 radical (unpaired) electrons.